The molecular formula is C18H20N2O3. The molecule has 0 heterocycles. The molecule has 0 radical (unpaired) electrons. The molecule has 0 aromatic heterocycles. The van der Waals surface area contributed by atoms with E-state index < -0.39 is 0 Å². The number of methoxy groups -OCH3 is 1. The molecule has 2 aromatic carbocycles. The van der Waals surface area contributed by atoms with Gasteiger partial charge in [0.25, 0.3) is 5.91 Å². The summed E-state index contributed by atoms with van der Waals surface area (Å²) in [6, 6.07) is 13.2. The molecule has 2 aromatic rings. The number of rotatable bonds is 6. The van der Waals surface area contributed by atoms with Crippen LogP contribution in [0.5, 0.6) is 11.5 Å². The van der Waals surface area contributed by atoms with Gasteiger partial charge in [-0.3, -0.25) is 4.79 Å². The number of hydrazone groups is 1. The number of para-hydroxylation sites is 1. The molecule has 120 valence electrons. The molecular weight excluding hydrogens is 292 g/mol. The zero-order valence-electron chi connectivity index (χ0n) is 13.5. The molecule has 0 unspecified atom stereocenters. The molecule has 5 heteroatoms. The van der Waals surface area contributed by atoms with Crippen molar-refractivity contribution in [3.8, 4) is 11.5 Å². The van der Waals surface area contributed by atoms with E-state index in [4.69, 9.17) is 9.47 Å². The molecule has 5 nitrogen and oxygen atoms in total. The van der Waals surface area contributed by atoms with Crippen molar-refractivity contribution in [2.24, 2.45) is 5.10 Å². The minimum atomic E-state index is -0.324. The van der Waals surface area contributed by atoms with Crippen LogP contribution in [-0.4, -0.2) is 25.8 Å². The van der Waals surface area contributed by atoms with Gasteiger partial charge in [-0.15, -0.1) is 0 Å². The van der Waals surface area contributed by atoms with Crippen molar-refractivity contribution >= 4 is 12.1 Å². The van der Waals surface area contributed by atoms with Gasteiger partial charge in [-0.05, 0) is 49.2 Å². The fourth-order valence-corrected chi connectivity index (χ4v) is 2.14. The van der Waals surface area contributed by atoms with Gasteiger partial charge in [0.15, 0.2) is 6.61 Å². The second-order valence-corrected chi connectivity index (χ2v) is 5.15. The zero-order valence-corrected chi connectivity index (χ0v) is 13.5. The Hall–Kier alpha value is -2.82. The summed E-state index contributed by atoms with van der Waals surface area (Å²) < 4.78 is 10.7. The second kappa shape index (κ2) is 7.98. The smallest absolute Gasteiger partial charge is 0.277 e. The van der Waals surface area contributed by atoms with Crippen LogP contribution in [0.2, 0.25) is 0 Å². The van der Waals surface area contributed by atoms with E-state index in [9.17, 15) is 4.79 Å². The second-order valence-electron chi connectivity index (χ2n) is 5.15. The molecule has 1 amide bonds. The summed E-state index contributed by atoms with van der Waals surface area (Å²) >= 11 is 0. The number of nitrogens with zero attached hydrogens (tertiary/aromatic N) is 1. The van der Waals surface area contributed by atoms with Crippen LogP contribution in [0.3, 0.4) is 0 Å². The predicted octanol–water partition coefficient (Wildman–Crippen LogP) is 2.84. The van der Waals surface area contributed by atoms with Crippen molar-refractivity contribution in [3.63, 3.8) is 0 Å². The van der Waals surface area contributed by atoms with Crippen molar-refractivity contribution < 1.29 is 14.3 Å². The number of aryl methyl sites for hydroxylation is 2. The Kier molecular flexibility index (Phi) is 5.74. The Morgan fingerprint density at radius 1 is 1.17 bits per heavy atom. The van der Waals surface area contributed by atoms with Crippen molar-refractivity contribution in [3.05, 3.63) is 59.2 Å². The topological polar surface area (TPSA) is 59.9 Å². The first-order valence-corrected chi connectivity index (χ1v) is 7.24. The van der Waals surface area contributed by atoms with E-state index >= 15 is 0 Å². The Labute approximate surface area is 135 Å². The van der Waals surface area contributed by atoms with Gasteiger partial charge in [-0.1, -0.05) is 18.2 Å². The number of hydrogen-bond donors (Lipinski definition) is 1. The largest absolute Gasteiger partial charge is 0.496 e. The van der Waals surface area contributed by atoms with Crippen molar-refractivity contribution in [1.82, 2.24) is 5.43 Å². The highest BCUT2D eigenvalue weighted by Crippen LogP contribution is 2.16. The average molecular weight is 312 g/mol. The van der Waals surface area contributed by atoms with Crippen LogP contribution in [-0.2, 0) is 4.79 Å². The summed E-state index contributed by atoms with van der Waals surface area (Å²) in [6.07, 6.45) is 1.54. The SMILES string of the molecule is COc1ccccc1/C=N/NC(=O)COc1cc(C)cc(C)c1. The normalized spacial score (nSPS) is 10.6. The summed E-state index contributed by atoms with van der Waals surface area (Å²) in [6.45, 7) is 3.88. The van der Waals surface area contributed by atoms with Gasteiger partial charge in [0.1, 0.15) is 11.5 Å². The summed E-state index contributed by atoms with van der Waals surface area (Å²) in [5.74, 6) is 1.04. The first kappa shape index (κ1) is 16.5. The van der Waals surface area contributed by atoms with Crippen LogP contribution < -0.4 is 14.9 Å². The molecule has 0 aliphatic carbocycles. The quantitative estimate of drug-likeness (QED) is 0.659. The number of hydrogen-bond acceptors (Lipinski definition) is 4. The highest BCUT2D eigenvalue weighted by Gasteiger charge is 2.03. The first-order chi connectivity index (χ1) is 11.1. The van der Waals surface area contributed by atoms with E-state index in [1.54, 1.807) is 7.11 Å². The summed E-state index contributed by atoms with van der Waals surface area (Å²) in [5, 5.41) is 3.91. The molecule has 1 N–H and O–H groups in total. The Morgan fingerprint density at radius 3 is 2.57 bits per heavy atom. The Balaban J connectivity index is 1.86. The standard InChI is InChI=1S/C18H20N2O3/c1-13-8-14(2)10-16(9-13)23-12-18(21)20-19-11-15-6-4-5-7-17(15)22-3/h4-11H,12H2,1-3H3,(H,20,21)/b19-11+. The lowest BCUT2D eigenvalue weighted by atomic mass is 10.1. The molecule has 0 bridgehead atoms. The average Bonchev–Trinajstić information content (AvgIpc) is 2.52. The zero-order chi connectivity index (χ0) is 16.7. The van der Waals surface area contributed by atoms with Crippen LogP contribution >= 0.6 is 0 Å². The third-order valence-electron chi connectivity index (χ3n) is 3.10. The number of ether oxygens (including phenoxy) is 2. The van der Waals surface area contributed by atoms with Crippen molar-refractivity contribution in [2.75, 3.05) is 13.7 Å². The summed E-state index contributed by atoms with van der Waals surface area (Å²) in [4.78, 5) is 11.7. The van der Waals surface area contributed by atoms with Crippen LogP contribution in [0, 0.1) is 13.8 Å². The number of benzene rings is 2. The summed E-state index contributed by atoms with van der Waals surface area (Å²) in [5.41, 5.74) is 5.40. The maximum absolute atomic E-state index is 11.7. The van der Waals surface area contributed by atoms with Gasteiger partial charge in [-0.2, -0.15) is 5.10 Å². The molecule has 0 saturated heterocycles. The molecule has 0 atom stereocenters. The Bertz CT molecular complexity index is 691. The number of carbonyl (C=O) groups is 1. The lowest BCUT2D eigenvalue weighted by Crippen LogP contribution is -2.24. The molecule has 2 rings (SSSR count). The molecule has 0 saturated carbocycles. The van der Waals surface area contributed by atoms with Crippen LogP contribution in [0.1, 0.15) is 16.7 Å². The number of nitrogens with one attached hydrogen (secondary N) is 1. The predicted molar refractivity (Wildman–Crippen MR) is 90.1 cm³/mol. The fraction of sp³-hybridized carbons (Fsp3) is 0.222. The molecule has 0 aliphatic rings. The van der Waals surface area contributed by atoms with Gasteiger partial charge < -0.3 is 9.47 Å². The van der Waals surface area contributed by atoms with E-state index in [2.05, 4.69) is 10.5 Å². The minimum absolute atomic E-state index is 0.0911. The third kappa shape index (κ3) is 5.14. The van der Waals surface area contributed by atoms with Gasteiger partial charge in [0, 0.05) is 5.56 Å². The van der Waals surface area contributed by atoms with Crippen LogP contribution in [0.15, 0.2) is 47.6 Å². The molecule has 0 aliphatic heterocycles. The maximum Gasteiger partial charge on any atom is 0.277 e. The van der Waals surface area contributed by atoms with Crippen molar-refractivity contribution in [2.45, 2.75) is 13.8 Å². The van der Waals surface area contributed by atoms with Gasteiger partial charge in [0.05, 0.1) is 13.3 Å². The monoisotopic (exact) mass is 312 g/mol. The van der Waals surface area contributed by atoms with E-state index in [-0.39, 0.29) is 12.5 Å². The Morgan fingerprint density at radius 2 is 1.87 bits per heavy atom. The molecule has 0 spiro atoms. The van der Waals surface area contributed by atoms with E-state index in [0.29, 0.717) is 11.5 Å². The van der Waals surface area contributed by atoms with Crippen LogP contribution in [0.25, 0.3) is 0 Å². The van der Waals surface area contributed by atoms with Crippen LogP contribution in [0.4, 0.5) is 0 Å². The highest BCUT2D eigenvalue weighted by molar-refractivity contribution is 5.85. The fourth-order valence-electron chi connectivity index (χ4n) is 2.14. The van der Waals surface area contributed by atoms with Gasteiger partial charge >= 0.3 is 0 Å². The lowest BCUT2D eigenvalue weighted by Gasteiger charge is -2.07. The van der Waals surface area contributed by atoms with E-state index in [1.165, 1.54) is 6.21 Å². The molecule has 23 heavy (non-hydrogen) atoms. The number of carbonyl (C=O) groups excluding carboxylic acids is 1. The highest BCUT2D eigenvalue weighted by atomic mass is 16.5. The third-order valence-corrected chi connectivity index (χ3v) is 3.10. The first-order valence-electron chi connectivity index (χ1n) is 7.24. The lowest BCUT2D eigenvalue weighted by molar-refractivity contribution is -0.123. The minimum Gasteiger partial charge on any atom is -0.496 e. The van der Waals surface area contributed by atoms with Crippen molar-refractivity contribution in [1.29, 1.82) is 0 Å². The van der Waals surface area contributed by atoms with Gasteiger partial charge in [0.2, 0.25) is 0 Å². The van der Waals surface area contributed by atoms with Gasteiger partial charge in [-0.25, -0.2) is 5.43 Å². The van der Waals surface area contributed by atoms with E-state index in [0.717, 1.165) is 16.7 Å². The van der Waals surface area contributed by atoms with E-state index in [1.807, 2.05) is 56.3 Å². The molecule has 0 fully saturated rings. The maximum atomic E-state index is 11.7. The summed E-state index contributed by atoms with van der Waals surface area (Å²) in [7, 11) is 1.59. The number of amides is 1.